The van der Waals surface area contributed by atoms with Gasteiger partial charge in [0.05, 0.1) is 10.5 Å². The first-order chi connectivity index (χ1) is 9.49. The van der Waals surface area contributed by atoms with Crippen molar-refractivity contribution >= 4 is 11.5 Å². The number of aromatic nitrogens is 1. The lowest BCUT2D eigenvalue weighted by Gasteiger charge is -2.08. The average Bonchev–Trinajstić information content (AvgIpc) is 2.38. The van der Waals surface area contributed by atoms with Crippen LogP contribution in [0.1, 0.15) is 22.8 Å². The number of hydrogen-bond donors (Lipinski definition) is 0. The summed E-state index contributed by atoms with van der Waals surface area (Å²) in [5.41, 5.74) is 0.862. The van der Waals surface area contributed by atoms with Crippen LogP contribution in [0, 0.1) is 17.0 Å². The van der Waals surface area contributed by atoms with Crippen molar-refractivity contribution in [3.8, 4) is 11.6 Å². The van der Waals surface area contributed by atoms with E-state index < -0.39 is 4.92 Å². The van der Waals surface area contributed by atoms with Gasteiger partial charge in [-0.3, -0.25) is 14.9 Å². The lowest BCUT2D eigenvalue weighted by atomic mass is 10.2. The first-order valence-corrected chi connectivity index (χ1v) is 5.88. The van der Waals surface area contributed by atoms with Crippen LogP contribution in [-0.4, -0.2) is 15.7 Å². The van der Waals surface area contributed by atoms with Gasteiger partial charge in [0.25, 0.3) is 5.69 Å². The monoisotopic (exact) mass is 272 g/mol. The molecule has 0 bridgehead atoms. The molecule has 2 aromatic rings. The summed E-state index contributed by atoms with van der Waals surface area (Å²) in [5, 5.41) is 10.7. The van der Waals surface area contributed by atoms with Gasteiger partial charge in [-0.15, -0.1) is 0 Å². The highest BCUT2D eigenvalue weighted by Crippen LogP contribution is 2.27. The Morgan fingerprint density at radius 1 is 1.35 bits per heavy atom. The molecule has 20 heavy (non-hydrogen) atoms. The lowest BCUT2D eigenvalue weighted by Crippen LogP contribution is -1.99. The number of nitro benzene ring substituents is 1. The molecular weight excluding hydrogens is 260 g/mol. The summed E-state index contributed by atoms with van der Waals surface area (Å²) in [6.45, 7) is 3.04. The third kappa shape index (κ3) is 2.80. The summed E-state index contributed by atoms with van der Waals surface area (Å²) in [7, 11) is 0. The molecule has 1 aromatic heterocycles. The van der Waals surface area contributed by atoms with Crippen molar-refractivity contribution in [1.82, 2.24) is 4.98 Å². The molecule has 0 spiro atoms. The van der Waals surface area contributed by atoms with Crippen molar-refractivity contribution in [1.29, 1.82) is 0 Å². The van der Waals surface area contributed by atoms with Crippen LogP contribution in [0.25, 0.3) is 0 Å². The Morgan fingerprint density at radius 3 is 2.70 bits per heavy atom. The minimum Gasteiger partial charge on any atom is -0.438 e. The van der Waals surface area contributed by atoms with Crippen LogP contribution in [-0.2, 0) is 0 Å². The number of nitro groups is 1. The van der Waals surface area contributed by atoms with Crippen LogP contribution in [0.2, 0.25) is 0 Å². The maximum absolute atomic E-state index is 11.5. The van der Waals surface area contributed by atoms with E-state index in [2.05, 4.69) is 4.98 Å². The molecule has 0 radical (unpaired) electrons. The zero-order chi connectivity index (χ0) is 14.7. The number of hydrogen-bond acceptors (Lipinski definition) is 5. The van der Waals surface area contributed by atoms with Crippen LogP contribution in [0.15, 0.2) is 36.5 Å². The van der Waals surface area contributed by atoms with E-state index in [9.17, 15) is 14.9 Å². The van der Waals surface area contributed by atoms with E-state index in [1.54, 1.807) is 19.1 Å². The number of ketones is 1. The summed E-state index contributed by atoms with van der Waals surface area (Å²) in [4.78, 5) is 25.7. The zero-order valence-corrected chi connectivity index (χ0v) is 11.0. The fourth-order valence-electron chi connectivity index (χ4n) is 1.75. The first-order valence-electron chi connectivity index (χ1n) is 5.88. The number of Topliss-reactive ketones (excluding diaryl/α,β-unsaturated/α-hetero) is 1. The molecule has 1 heterocycles. The summed E-state index contributed by atoms with van der Waals surface area (Å²) >= 11 is 0. The highest BCUT2D eigenvalue weighted by atomic mass is 16.6. The van der Waals surface area contributed by atoms with Gasteiger partial charge in [0.1, 0.15) is 5.75 Å². The summed E-state index contributed by atoms with van der Waals surface area (Å²) in [6.07, 6.45) is 1.51. The molecule has 0 saturated carbocycles. The average molecular weight is 272 g/mol. The molecule has 0 unspecified atom stereocenters. The number of nitrogens with zero attached hydrogens (tertiary/aromatic N) is 2. The topological polar surface area (TPSA) is 82.3 Å². The predicted octanol–water partition coefficient (Wildman–Crippen LogP) is 3.29. The molecule has 0 atom stereocenters. The number of carbonyl (C=O) groups is 1. The van der Waals surface area contributed by atoms with Gasteiger partial charge >= 0.3 is 0 Å². The second-order valence-electron chi connectivity index (χ2n) is 4.22. The van der Waals surface area contributed by atoms with E-state index >= 15 is 0 Å². The molecule has 0 aliphatic carbocycles. The number of aryl methyl sites for hydroxylation is 1. The van der Waals surface area contributed by atoms with Crippen LogP contribution in [0.5, 0.6) is 11.6 Å². The van der Waals surface area contributed by atoms with Gasteiger partial charge in [-0.25, -0.2) is 4.98 Å². The summed E-state index contributed by atoms with van der Waals surface area (Å²) < 4.78 is 5.53. The highest BCUT2D eigenvalue weighted by molar-refractivity contribution is 5.96. The van der Waals surface area contributed by atoms with Gasteiger partial charge in [-0.05, 0) is 38.1 Å². The number of carbonyl (C=O) groups excluding carboxylic acids is 1. The number of pyridine rings is 1. The second-order valence-corrected chi connectivity index (χ2v) is 4.22. The number of ether oxygens (including phenoxy) is 1. The molecule has 0 saturated heterocycles. The van der Waals surface area contributed by atoms with Gasteiger partial charge in [0.2, 0.25) is 5.88 Å². The molecule has 6 heteroatoms. The van der Waals surface area contributed by atoms with E-state index in [0.717, 1.165) is 0 Å². The van der Waals surface area contributed by atoms with E-state index in [0.29, 0.717) is 16.9 Å². The molecule has 2 rings (SSSR count). The van der Waals surface area contributed by atoms with Gasteiger partial charge in [-0.2, -0.15) is 0 Å². The van der Waals surface area contributed by atoms with Crippen molar-refractivity contribution in [2.24, 2.45) is 0 Å². The Labute approximate surface area is 115 Å². The van der Waals surface area contributed by atoms with Crippen molar-refractivity contribution < 1.29 is 14.5 Å². The minimum atomic E-state index is -0.457. The highest BCUT2D eigenvalue weighted by Gasteiger charge is 2.13. The van der Waals surface area contributed by atoms with E-state index in [1.165, 1.54) is 31.3 Å². The fraction of sp³-hybridized carbons (Fsp3) is 0.143. The van der Waals surface area contributed by atoms with Gasteiger partial charge in [0, 0.05) is 17.8 Å². The maximum atomic E-state index is 11.5. The summed E-state index contributed by atoms with van der Waals surface area (Å²) in [6, 6.07) is 7.63. The summed E-state index contributed by atoms with van der Waals surface area (Å²) in [5.74, 6) is 0.425. The molecule has 0 aliphatic rings. The largest absolute Gasteiger partial charge is 0.438 e. The maximum Gasteiger partial charge on any atom is 0.272 e. The number of benzene rings is 1. The van der Waals surface area contributed by atoms with Crippen LogP contribution in [0.3, 0.4) is 0 Å². The molecule has 1 aromatic carbocycles. The Balaban J connectivity index is 2.34. The lowest BCUT2D eigenvalue weighted by molar-refractivity contribution is -0.385. The van der Waals surface area contributed by atoms with Crippen molar-refractivity contribution in [2.45, 2.75) is 13.8 Å². The number of rotatable bonds is 4. The smallest absolute Gasteiger partial charge is 0.272 e. The normalized spacial score (nSPS) is 10.1. The quantitative estimate of drug-likeness (QED) is 0.484. The Kier molecular flexibility index (Phi) is 3.74. The second kappa shape index (κ2) is 5.48. The predicted molar refractivity (Wildman–Crippen MR) is 72.1 cm³/mol. The van der Waals surface area contributed by atoms with E-state index in [1.807, 2.05) is 0 Å². The SMILES string of the molecule is CC(=O)c1cccnc1Oc1ccc([N+](=O)[O-])c(C)c1. The Morgan fingerprint density at radius 2 is 2.10 bits per heavy atom. The standard InChI is InChI=1S/C14H12N2O4/c1-9-8-11(5-6-13(9)16(18)19)20-14-12(10(2)17)4-3-7-15-14/h3-8H,1-2H3. The Bertz CT molecular complexity index is 683. The van der Waals surface area contributed by atoms with E-state index in [4.69, 9.17) is 4.74 Å². The third-order valence-corrected chi connectivity index (χ3v) is 2.73. The van der Waals surface area contributed by atoms with Gasteiger partial charge in [0.15, 0.2) is 5.78 Å². The first kappa shape index (κ1) is 13.7. The van der Waals surface area contributed by atoms with Crippen LogP contribution >= 0.6 is 0 Å². The molecular formula is C14H12N2O4. The Hall–Kier alpha value is -2.76. The molecule has 0 aliphatic heterocycles. The van der Waals surface area contributed by atoms with Crippen molar-refractivity contribution in [3.63, 3.8) is 0 Å². The zero-order valence-electron chi connectivity index (χ0n) is 11.0. The van der Waals surface area contributed by atoms with Crippen molar-refractivity contribution in [2.75, 3.05) is 0 Å². The molecule has 102 valence electrons. The molecule has 6 nitrogen and oxygen atoms in total. The molecule has 0 N–H and O–H groups in total. The van der Waals surface area contributed by atoms with Gasteiger partial charge in [-0.1, -0.05) is 0 Å². The molecule has 0 fully saturated rings. The fourth-order valence-corrected chi connectivity index (χ4v) is 1.75. The van der Waals surface area contributed by atoms with Crippen LogP contribution in [0.4, 0.5) is 5.69 Å². The van der Waals surface area contributed by atoms with Gasteiger partial charge < -0.3 is 4.74 Å². The van der Waals surface area contributed by atoms with Crippen molar-refractivity contribution in [3.05, 3.63) is 57.8 Å². The minimum absolute atomic E-state index is 0.0187. The van der Waals surface area contributed by atoms with Crippen LogP contribution < -0.4 is 4.74 Å². The third-order valence-electron chi connectivity index (χ3n) is 2.73. The van der Waals surface area contributed by atoms with E-state index in [-0.39, 0.29) is 17.4 Å². The molecule has 0 amide bonds.